The second-order valence-electron chi connectivity index (χ2n) is 9.19. The second kappa shape index (κ2) is 14.0. The molecule has 0 radical (unpaired) electrons. The third-order valence-electron chi connectivity index (χ3n) is 6.13. The van der Waals surface area contributed by atoms with E-state index in [1.54, 1.807) is 18.3 Å². The number of aliphatic hydroxyl groups excluding tert-OH is 2. The zero-order valence-electron chi connectivity index (χ0n) is 20.1. The molecule has 0 aromatic carbocycles. The normalized spacial score (nSPS) is 33.5. The quantitative estimate of drug-likeness (QED) is 0.623. The van der Waals surface area contributed by atoms with Gasteiger partial charge in [0.05, 0.1) is 22.9 Å². The molecule has 0 saturated heterocycles. The maximum Gasteiger partial charge on any atom is 0.157 e. The summed E-state index contributed by atoms with van der Waals surface area (Å²) in [6, 6.07) is 0. The van der Waals surface area contributed by atoms with E-state index in [1.165, 1.54) is 5.57 Å². The van der Waals surface area contributed by atoms with Crippen molar-refractivity contribution in [3.8, 4) is 0 Å². The first-order chi connectivity index (χ1) is 14.7. The molecule has 1 aromatic rings. The number of Topliss-reactive ketones (excluding diaryl/α,β-unsaturated/α-hetero) is 1. The molecule has 1 aliphatic rings. The van der Waals surface area contributed by atoms with Gasteiger partial charge in [0.2, 0.25) is 0 Å². The van der Waals surface area contributed by atoms with E-state index in [2.05, 4.69) is 24.9 Å². The summed E-state index contributed by atoms with van der Waals surface area (Å²) in [5.41, 5.74) is 2.17. The van der Waals surface area contributed by atoms with Crippen LogP contribution < -0.4 is 0 Å². The molecule has 1 aliphatic heterocycles. The fourth-order valence-corrected chi connectivity index (χ4v) is 4.72. The van der Waals surface area contributed by atoms with Crippen molar-refractivity contribution in [2.24, 2.45) is 17.8 Å². The van der Waals surface area contributed by atoms with Crippen LogP contribution in [0.3, 0.4) is 0 Å². The van der Waals surface area contributed by atoms with Gasteiger partial charge in [-0.15, -0.1) is 11.3 Å². The number of hydrogen-bond donors (Lipinski definition) is 2. The van der Waals surface area contributed by atoms with Crippen LogP contribution in [0.5, 0.6) is 0 Å². The molecule has 6 nitrogen and oxygen atoms in total. The Morgan fingerprint density at radius 1 is 1.19 bits per heavy atom. The van der Waals surface area contributed by atoms with E-state index < -0.39 is 18.3 Å². The molecule has 5 unspecified atom stereocenters. The first-order valence-corrected chi connectivity index (χ1v) is 12.3. The highest BCUT2D eigenvalue weighted by Crippen LogP contribution is 2.25. The van der Waals surface area contributed by atoms with Gasteiger partial charge in [-0.25, -0.2) is 4.98 Å². The van der Waals surface area contributed by atoms with Crippen molar-refractivity contribution in [2.45, 2.75) is 91.6 Å². The Hall–Kier alpha value is -1.38. The van der Waals surface area contributed by atoms with Crippen LogP contribution in [0.2, 0.25) is 0 Å². The van der Waals surface area contributed by atoms with Crippen molar-refractivity contribution in [1.29, 1.82) is 0 Å². The fourth-order valence-electron chi connectivity index (χ4n) is 4.13. The standard InChI is InChI=1S/C25H39NO4S.H2O/c1-16-7-6-8-17(2)13-18(3)25(29)19(4)23(27)14-24(28)30-22(11-9-16)12-10-21-15-31-20(5)26-21;/h9-10,12,15,17-19,22-24,27-28H,6-8,11,13-14H2,1-5H3;1H2/b12-10+,16-9-;/t17?,18?,19-,22?,23?,24?;/m1./s1. The Balaban J connectivity index is 0.00000512. The molecule has 1 aromatic heterocycles. The molecular weight excluding hydrogens is 426 g/mol. The van der Waals surface area contributed by atoms with Gasteiger partial charge < -0.3 is 20.4 Å². The number of nitrogens with zero attached hydrogens (tertiary/aromatic N) is 1. The van der Waals surface area contributed by atoms with Crippen LogP contribution in [-0.4, -0.2) is 45.0 Å². The van der Waals surface area contributed by atoms with Crippen LogP contribution in [0, 0.1) is 24.7 Å². The van der Waals surface area contributed by atoms with Crippen molar-refractivity contribution >= 4 is 23.2 Å². The summed E-state index contributed by atoms with van der Waals surface area (Å²) in [4.78, 5) is 17.2. The minimum Gasteiger partial charge on any atom is -0.412 e. The first kappa shape index (κ1) is 28.7. The van der Waals surface area contributed by atoms with Crippen LogP contribution in [0.1, 0.15) is 76.9 Å². The van der Waals surface area contributed by atoms with Crippen LogP contribution in [0.15, 0.2) is 23.1 Å². The van der Waals surface area contributed by atoms with Gasteiger partial charge in [0.15, 0.2) is 6.29 Å². The number of carbonyl (C=O) groups is 1. The molecule has 0 aliphatic carbocycles. The summed E-state index contributed by atoms with van der Waals surface area (Å²) in [5.74, 6) is -0.0952. The van der Waals surface area contributed by atoms with Gasteiger partial charge in [-0.1, -0.05) is 44.9 Å². The van der Waals surface area contributed by atoms with Crippen molar-refractivity contribution in [1.82, 2.24) is 4.98 Å². The van der Waals surface area contributed by atoms with Crippen LogP contribution in [0.4, 0.5) is 0 Å². The third-order valence-corrected chi connectivity index (χ3v) is 6.92. The van der Waals surface area contributed by atoms with Crippen LogP contribution >= 0.6 is 11.3 Å². The van der Waals surface area contributed by atoms with E-state index in [4.69, 9.17) is 4.74 Å². The summed E-state index contributed by atoms with van der Waals surface area (Å²) in [6.07, 6.45) is 8.26. The molecule has 2 rings (SSSR count). The largest absolute Gasteiger partial charge is 0.412 e. The predicted octanol–water partition coefficient (Wildman–Crippen LogP) is 4.48. The second-order valence-corrected chi connectivity index (χ2v) is 10.3. The Morgan fingerprint density at radius 2 is 1.91 bits per heavy atom. The van der Waals surface area contributed by atoms with Gasteiger partial charge in [0.1, 0.15) is 5.78 Å². The number of hydrogen-bond acceptors (Lipinski definition) is 6. The SMILES string of the molecule is C/C1=C/CC(/C=C/c2csc(C)n2)OC(O)CC(O)[C@@H](C)C(=O)C(C)CC(C)CCC1.O. The predicted molar refractivity (Wildman–Crippen MR) is 130 cm³/mol. The highest BCUT2D eigenvalue weighted by molar-refractivity contribution is 7.09. The Bertz CT molecular complexity index is 759. The van der Waals surface area contributed by atoms with Gasteiger partial charge in [0, 0.05) is 23.6 Å². The minimum atomic E-state index is -1.15. The third kappa shape index (κ3) is 9.63. The molecule has 0 amide bonds. The van der Waals surface area contributed by atoms with E-state index in [9.17, 15) is 15.0 Å². The minimum absolute atomic E-state index is 0. The Kier molecular flexibility index (Phi) is 12.5. The summed E-state index contributed by atoms with van der Waals surface area (Å²) < 4.78 is 5.85. The maximum absolute atomic E-state index is 12.8. The van der Waals surface area contributed by atoms with Gasteiger partial charge in [-0.2, -0.15) is 0 Å². The van der Waals surface area contributed by atoms with E-state index in [0.717, 1.165) is 36.4 Å². The zero-order valence-corrected chi connectivity index (χ0v) is 20.9. The topological polar surface area (TPSA) is 111 Å². The number of rotatable bonds is 2. The van der Waals surface area contributed by atoms with Gasteiger partial charge >= 0.3 is 0 Å². The molecule has 2 heterocycles. The van der Waals surface area contributed by atoms with Crippen molar-refractivity contribution < 1.29 is 25.2 Å². The molecule has 0 fully saturated rings. The maximum atomic E-state index is 12.8. The number of allylic oxidation sites excluding steroid dienone is 1. The van der Waals surface area contributed by atoms with E-state index in [1.807, 2.05) is 31.4 Å². The van der Waals surface area contributed by atoms with E-state index in [0.29, 0.717) is 12.3 Å². The molecule has 4 N–H and O–H groups in total. The fraction of sp³-hybridized carbons (Fsp3) is 0.680. The lowest BCUT2D eigenvalue weighted by Gasteiger charge is -2.26. The number of aryl methyl sites for hydroxylation is 1. The monoisotopic (exact) mass is 467 g/mol. The first-order valence-electron chi connectivity index (χ1n) is 11.5. The Morgan fingerprint density at radius 3 is 2.56 bits per heavy atom. The summed E-state index contributed by atoms with van der Waals surface area (Å²) >= 11 is 1.59. The average Bonchev–Trinajstić information content (AvgIpc) is 3.13. The lowest BCUT2D eigenvalue weighted by Crippen LogP contribution is -2.34. The highest BCUT2D eigenvalue weighted by Gasteiger charge is 2.29. The smallest absolute Gasteiger partial charge is 0.157 e. The number of thiazole rings is 1. The van der Waals surface area contributed by atoms with Gasteiger partial charge in [-0.05, 0) is 51.5 Å². The van der Waals surface area contributed by atoms with Gasteiger partial charge in [-0.3, -0.25) is 4.79 Å². The number of carbonyl (C=O) groups excluding carboxylic acids is 1. The summed E-state index contributed by atoms with van der Waals surface area (Å²) in [5, 5.41) is 24.0. The van der Waals surface area contributed by atoms with E-state index >= 15 is 0 Å². The molecule has 0 saturated carbocycles. The number of ketones is 1. The summed E-state index contributed by atoms with van der Waals surface area (Å²) in [7, 11) is 0. The number of ether oxygens (including phenoxy) is 1. The van der Waals surface area contributed by atoms with Crippen molar-refractivity contribution in [3.63, 3.8) is 0 Å². The molecule has 0 spiro atoms. The average molecular weight is 468 g/mol. The molecule has 182 valence electrons. The Labute approximate surface area is 196 Å². The summed E-state index contributed by atoms with van der Waals surface area (Å²) in [6.45, 7) is 9.99. The molecule has 7 heteroatoms. The highest BCUT2D eigenvalue weighted by atomic mass is 32.1. The number of aliphatic hydroxyl groups is 2. The molecule has 6 atom stereocenters. The molecule has 32 heavy (non-hydrogen) atoms. The van der Waals surface area contributed by atoms with Crippen molar-refractivity contribution in [3.05, 3.63) is 33.8 Å². The molecular formula is C25H41NO5S. The zero-order chi connectivity index (χ0) is 23.0. The lowest BCUT2D eigenvalue weighted by atomic mass is 9.83. The van der Waals surface area contributed by atoms with E-state index in [-0.39, 0.29) is 29.7 Å². The van der Waals surface area contributed by atoms with Crippen LogP contribution in [0.25, 0.3) is 6.08 Å². The lowest BCUT2D eigenvalue weighted by molar-refractivity contribution is -0.148. The van der Waals surface area contributed by atoms with Crippen LogP contribution in [-0.2, 0) is 9.53 Å². The molecule has 0 bridgehead atoms. The van der Waals surface area contributed by atoms with Crippen molar-refractivity contribution in [2.75, 3.05) is 0 Å². The number of aromatic nitrogens is 1. The van der Waals surface area contributed by atoms with Gasteiger partial charge in [0.25, 0.3) is 0 Å².